The maximum absolute atomic E-state index is 5.85. The van der Waals surface area contributed by atoms with Gasteiger partial charge in [-0.25, -0.2) is 4.98 Å². The zero-order valence-electron chi connectivity index (χ0n) is 12.5. The maximum Gasteiger partial charge on any atom is 0.203 e. The molecule has 1 heterocycles. The Labute approximate surface area is 128 Å². The van der Waals surface area contributed by atoms with Crippen LogP contribution >= 0.6 is 11.3 Å². The monoisotopic (exact) mass is 308 g/mol. The minimum absolute atomic E-state index is 0.433. The van der Waals surface area contributed by atoms with E-state index in [2.05, 4.69) is 17.2 Å². The van der Waals surface area contributed by atoms with E-state index in [0.717, 1.165) is 23.0 Å². The molecule has 0 aliphatic heterocycles. The zero-order chi connectivity index (χ0) is 15.1. The van der Waals surface area contributed by atoms with Crippen molar-refractivity contribution in [1.29, 1.82) is 0 Å². The van der Waals surface area contributed by atoms with E-state index < -0.39 is 0 Å². The number of benzene rings is 1. The quantitative estimate of drug-likeness (QED) is 0.808. The van der Waals surface area contributed by atoms with Gasteiger partial charge in [-0.1, -0.05) is 24.3 Å². The second-order valence-corrected chi connectivity index (χ2v) is 5.45. The van der Waals surface area contributed by atoms with Crippen molar-refractivity contribution < 1.29 is 14.2 Å². The lowest BCUT2D eigenvalue weighted by Crippen LogP contribution is -1.99. The van der Waals surface area contributed by atoms with E-state index in [1.54, 1.807) is 25.6 Å². The molecule has 0 aliphatic rings. The number of aromatic nitrogens is 1. The minimum atomic E-state index is 0.433. The Morgan fingerprint density at radius 3 is 2.52 bits per heavy atom. The van der Waals surface area contributed by atoms with Gasteiger partial charge in [0.1, 0.15) is 6.61 Å². The standard InChI is InChI=1S/C15H20N2O3S/c1-4-8-16-15-17-9-11(21-15)10-20-14-12(18-2)6-5-7-13(14)19-3/h5-7,9H,4,8,10H2,1-3H3,(H,16,17). The fraction of sp³-hybridized carbons (Fsp3) is 0.400. The van der Waals surface area contributed by atoms with Gasteiger partial charge >= 0.3 is 0 Å². The van der Waals surface area contributed by atoms with Crippen molar-refractivity contribution in [2.24, 2.45) is 0 Å². The van der Waals surface area contributed by atoms with E-state index >= 15 is 0 Å². The Balaban J connectivity index is 2.04. The van der Waals surface area contributed by atoms with Gasteiger partial charge in [-0.2, -0.15) is 0 Å². The van der Waals surface area contributed by atoms with Crippen molar-refractivity contribution in [3.8, 4) is 17.2 Å². The lowest BCUT2D eigenvalue weighted by molar-refractivity contribution is 0.268. The third kappa shape index (κ3) is 4.01. The maximum atomic E-state index is 5.85. The Morgan fingerprint density at radius 2 is 1.90 bits per heavy atom. The van der Waals surface area contributed by atoms with Gasteiger partial charge in [0.2, 0.25) is 5.75 Å². The van der Waals surface area contributed by atoms with Gasteiger partial charge in [-0.05, 0) is 18.6 Å². The molecule has 0 fully saturated rings. The molecule has 0 atom stereocenters. The van der Waals surface area contributed by atoms with Gasteiger partial charge in [0.25, 0.3) is 0 Å². The number of rotatable bonds is 8. The van der Waals surface area contributed by atoms with Crippen LogP contribution in [0.4, 0.5) is 5.13 Å². The molecule has 21 heavy (non-hydrogen) atoms. The summed E-state index contributed by atoms with van der Waals surface area (Å²) in [6, 6.07) is 5.56. The smallest absolute Gasteiger partial charge is 0.203 e. The molecular formula is C15H20N2O3S. The number of hydrogen-bond acceptors (Lipinski definition) is 6. The first-order valence-corrected chi connectivity index (χ1v) is 7.62. The second kappa shape index (κ2) is 7.73. The van der Waals surface area contributed by atoms with Crippen LogP contribution in [0.2, 0.25) is 0 Å². The lowest BCUT2D eigenvalue weighted by atomic mass is 10.3. The van der Waals surface area contributed by atoms with Gasteiger partial charge < -0.3 is 19.5 Å². The molecule has 0 bridgehead atoms. The van der Waals surface area contributed by atoms with Crippen LogP contribution in [0.1, 0.15) is 18.2 Å². The molecule has 5 nitrogen and oxygen atoms in total. The molecular weight excluding hydrogens is 288 g/mol. The SMILES string of the molecule is CCCNc1ncc(COc2c(OC)cccc2OC)s1. The van der Waals surface area contributed by atoms with Crippen molar-refractivity contribution in [3.05, 3.63) is 29.3 Å². The molecule has 0 spiro atoms. The first kappa shape index (κ1) is 15.4. The Bertz CT molecular complexity index is 550. The summed E-state index contributed by atoms with van der Waals surface area (Å²) in [5.74, 6) is 1.92. The number of anilines is 1. The van der Waals surface area contributed by atoms with Crippen molar-refractivity contribution >= 4 is 16.5 Å². The molecule has 0 radical (unpaired) electrons. The predicted octanol–water partition coefficient (Wildman–Crippen LogP) is 3.56. The van der Waals surface area contributed by atoms with E-state index in [1.165, 1.54) is 0 Å². The third-order valence-corrected chi connectivity index (χ3v) is 3.75. The van der Waals surface area contributed by atoms with Crippen LogP contribution in [-0.2, 0) is 6.61 Å². The summed E-state index contributed by atoms with van der Waals surface area (Å²) in [7, 11) is 3.22. The number of nitrogens with zero attached hydrogens (tertiary/aromatic N) is 1. The molecule has 0 saturated heterocycles. The molecule has 0 unspecified atom stereocenters. The summed E-state index contributed by atoms with van der Waals surface area (Å²) in [6.45, 7) is 3.48. The molecule has 114 valence electrons. The molecule has 2 rings (SSSR count). The number of nitrogens with one attached hydrogen (secondary N) is 1. The first-order valence-electron chi connectivity index (χ1n) is 6.80. The van der Waals surface area contributed by atoms with Gasteiger partial charge in [0.05, 0.1) is 19.1 Å². The molecule has 2 aromatic rings. The van der Waals surface area contributed by atoms with Crippen molar-refractivity contribution in [2.45, 2.75) is 20.0 Å². The van der Waals surface area contributed by atoms with Crippen LogP contribution in [0.15, 0.2) is 24.4 Å². The summed E-state index contributed by atoms with van der Waals surface area (Å²) >= 11 is 1.59. The summed E-state index contributed by atoms with van der Waals surface area (Å²) < 4.78 is 16.5. The van der Waals surface area contributed by atoms with Gasteiger partial charge in [0, 0.05) is 12.7 Å². The summed E-state index contributed by atoms with van der Waals surface area (Å²) in [6.07, 6.45) is 2.90. The van der Waals surface area contributed by atoms with E-state index in [-0.39, 0.29) is 0 Å². The number of para-hydroxylation sites is 1. The lowest BCUT2D eigenvalue weighted by Gasteiger charge is -2.13. The highest BCUT2D eigenvalue weighted by Gasteiger charge is 2.12. The number of ether oxygens (including phenoxy) is 3. The van der Waals surface area contributed by atoms with Gasteiger partial charge in [-0.15, -0.1) is 0 Å². The number of thiazole rings is 1. The molecule has 1 aromatic carbocycles. The molecule has 0 amide bonds. The van der Waals surface area contributed by atoms with Crippen LogP contribution < -0.4 is 19.5 Å². The summed E-state index contributed by atoms with van der Waals surface area (Å²) in [5.41, 5.74) is 0. The van der Waals surface area contributed by atoms with Crippen molar-refractivity contribution in [3.63, 3.8) is 0 Å². The highest BCUT2D eigenvalue weighted by atomic mass is 32.1. The largest absolute Gasteiger partial charge is 0.493 e. The highest BCUT2D eigenvalue weighted by Crippen LogP contribution is 2.37. The predicted molar refractivity (Wildman–Crippen MR) is 84.8 cm³/mol. The van der Waals surface area contributed by atoms with Gasteiger partial charge in [-0.3, -0.25) is 0 Å². The van der Waals surface area contributed by atoms with Crippen LogP contribution in [0.25, 0.3) is 0 Å². The van der Waals surface area contributed by atoms with Crippen molar-refractivity contribution in [2.75, 3.05) is 26.1 Å². The Kier molecular flexibility index (Phi) is 5.68. The summed E-state index contributed by atoms with van der Waals surface area (Å²) in [5, 5.41) is 4.18. The number of hydrogen-bond donors (Lipinski definition) is 1. The minimum Gasteiger partial charge on any atom is -0.493 e. The molecule has 0 saturated carbocycles. The highest BCUT2D eigenvalue weighted by molar-refractivity contribution is 7.15. The molecule has 1 N–H and O–H groups in total. The number of methoxy groups -OCH3 is 2. The van der Waals surface area contributed by atoms with E-state index in [0.29, 0.717) is 23.9 Å². The zero-order valence-corrected chi connectivity index (χ0v) is 13.3. The molecule has 0 aliphatic carbocycles. The fourth-order valence-corrected chi connectivity index (χ4v) is 2.54. The van der Waals surface area contributed by atoms with Crippen molar-refractivity contribution in [1.82, 2.24) is 4.98 Å². The average Bonchev–Trinajstić information content (AvgIpc) is 2.98. The normalized spacial score (nSPS) is 10.2. The van der Waals surface area contributed by atoms with E-state index in [4.69, 9.17) is 14.2 Å². The third-order valence-electron chi connectivity index (χ3n) is 2.82. The van der Waals surface area contributed by atoms with Gasteiger partial charge in [0.15, 0.2) is 16.6 Å². The fourth-order valence-electron chi connectivity index (χ4n) is 1.79. The van der Waals surface area contributed by atoms with Crippen LogP contribution in [0.3, 0.4) is 0 Å². The average molecular weight is 308 g/mol. The molecule has 1 aromatic heterocycles. The first-order chi connectivity index (χ1) is 10.3. The Morgan fingerprint density at radius 1 is 1.19 bits per heavy atom. The molecule has 6 heteroatoms. The van der Waals surface area contributed by atoms with E-state index in [9.17, 15) is 0 Å². The van der Waals surface area contributed by atoms with Crippen LogP contribution in [0.5, 0.6) is 17.2 Å². The van der Waals surface area contributed by atoms with Crippen LogP contribution in [-0.4, -0.2) is 25.7 Å². The topological polar surface area (TPSA) is 52.6 Å². The van der Waals surface area contributed by atoms with E-state index in [1.807, 2.05) is 24.4 Å². The van der Waals surface area contributed by atoms with Crippen LogP contribution in [0, 0.1) is 0 Å². The summed E-state index contributed by atoms with van der Waals surface area (Å²) in [4.78, 5) is 5.36. The Hall–Kier alpha value is -1.95. The second-order valence-electron chi connectivity index (χ2n) is 4.34.